The van der Waals surface area contributed by atoms with E-state index < -0.39 is 12.0 Å². The maximum Gasteiger partial charge on any atom is 0.410 e. The van der Waals surface area contributed by atoms with Gasteiger partial charge in [0.15, 0.2) is 0 Å². The number of nitrogens with zero attached hydrogens (tertiary/aromatic N) is 3. The Morgan fingerprint density at radius 2 is 2.06 bits per heavy atom. The number of hydrogen-bond donors (Lipinski definition) is 1. The summed E-state index contributed by atoms with van der Waals surface area (Å²) in [5.41, 5.74) is 6.38. The van der Waals surface area contributed by atoms with Crippen molar-refractivity contribution in [2.45, 2.75) is 30.7 Å². The molecule has 1 fully saturated rings. The van der Waals surface area contributed by atoms with Crippen molar-refractivity contribution >= 4 is 35.0 Å². The lowest BCUT2D eigenvalue weighted by molar-refractivity contribution is -0.113. The molecule has 2 heterocycles. The first kappa shape index (κ1) is 23.3. The molecule has 9 heteroatoms. The van der Waals surface area contributed by atoms with Crippen LogP contribution in [0.3, 0.4) is 0 Å². The van der Waals surface area contributed by atoms with Crippen LogP contribution in [-0.4, -0.2) is 56.0 Å². The molecule has 1 aromatic heterocycles. The van der Waals surface area contributed by atoms with Gasteiger partial charge in [0.05, 0.1) is 12.0 Å². The fraction of sp³-hybridized carbons (Fsp3) is 0.304. The number of amides is 2. The average Bonchev–Trinajstić information content (AvgIpc) is 3.42. The molecule has 0 radical (unpaired) electrons. The summed E-state index contributed by atoms with van der Waals surface area (Å²) in [6.07, 6.45) is 8.77. The van der Waals surface area contributed by atoms with Gasteiger partial charge in [-0.05, 0) is 18.9 Å². The predicted octanol–water partition coefficient (Wildman–Crippen LogP) is 3.11. The van der Waals surface area contributed by atoms with Crippen molar-refractivity contribution in [1.29, 1.82) is 0 Å². The third kappa shape index (κ3) is 6.58. The number of primary amides is 1. The Balaban J connectivity index is 1.63. The Kier molecular flexibility index (Phi) is 8.27. The van der Waals surface area contributed by atoms with Gasteiger partial charge >= 0.3 is 6.09 Å². The van der Waals surface area contributed by atoms with Gasteiger partial charge in [0.25, 0.3) is 0 Å². The van der Waals surface area contributed by atoms with E-state index >= 15 is 0 Å². The van der Waals surface area contributed by atoms with E-state index in [0.717, 1.165) is 0 Å². The minimum atomic E-state index is -0.534. The van der Waals surface area contributed by atoms with Crippen molar-refractivity contribution in [2.75, 3.05) is 13.2 Å². The topological polar surface area (TPSA) is 108 Å². The monoisotopic (exact) mass is 454 g/mol. The molecule has 2 amide bonds. The molecule has 168 valence electrons. The molecule has 0 unspecified atom stereocenters. The molecule has 2 atom stereocenters. The minimum absolute atomic E-state index is 0.00357. The van der Waals surface area contributed by atoms with Crippen LogP contribution < -0.4 is 5.73 Å². The highest BCUT2D eigenvalue weighted by molar-refractivity contribution is 8.14. The number of thioether (sulfide) groups is 1. The highest BCUT2D eigenvalue weighted by Crippen LogP contribution is 2.32. The molecule has 32 heavy (non-hydrogen) atoms. The van der Waals surface area contributed by atoms with Gasteiger partial charge in [-0.25, -0.2) is 9.78 Å². The molecule has 0 saturated carbocycles. The summed E-state index contributed by atoms with van der Waals surface area (Å²) in [6, 6.07) is 9.06. The average molecular weight is 455 g/mol. The van der Waals surface area contributed by atoms with E-state index in [-0.39, 0.29) is 23.0 Å². The SMILES string of the molecule is C=CCOC(=O)N1C[C@@H](SC(=O)c2ccccc2)C[C@H]1CCn1cnc(C=CC(N)=O)c1. The van der Waals surface area contributed by atoms with Gasteiger partial charge in [-0.1, -0.05) is 54.7 Å². The molecule has 8 nitrogen and oxygen atoms in total. The van der Waals surface area contributed by atoms with E-state index in [1.54, 1.807) is 35.6 Å². The van der Waals surface area contributed by atoms with Crippen molar-refractivity contribution in [3.8, 4) is 0 Å². The van der Waals surface area contributed by atoms with Gasteiger partial charge in [0.1, 0.15) is 6.61 Å². The normalized spacial score (nSPS) is 18.1. The van der Waals surface area contributed by atoms with E-state index in [4.69, 9.17) is 10.5 Å². The lowest BCUT2D eigenvalue weighted by atomic mass is 10.1. The number of hydrogen-bond acceptors (Lipinski definition) is 6. The molecule has 3 rings (SSSR count). The number of benzene rings is 1. The standard InChI is InChI=1S/C23H26N4O4S/c1-2-12-31-23(30)27-15-20(32-22(29)17-6-4-3-5-7-17)13-19(27)10-11-26-14-18(25-16-26)8-9-21(24)28/h2-9,14,16,19-20H,1,10-13,15H2,(H2,24,28)/t19-,20+/m1/s1. The number of likely N-dealkylation sites (tertiary alicyclic amines) is 1. The van der Waals surface area contributed by atoms with Gasteiger partial charge in [-0.2, -0.15) is 0 Å². The van der Waals surface area contributed by atoms with Gasteiger partial charge in [0, 0.05) is 42.2 Å². The fourth-order valence-electron chi connectivity index (χ4n) is 3.51. The molecule has 0 bridgehead atoms. The van der Waals surface area contributed by atoms with E-state index in [0.29, 0.717) is 37.2 Å². The van der Waals surface area contributed by atoms with E-state index in [9.17, 15) is 14.4 Å². The zero-order valence-corrected chi connectivity index (χ0v) is 18.4. The first-order chi connectivity index (χ1) is 15.5. The smallest absolute Gasteiger partial charge is 0.410 e. The number of carbonyl (C=O) groups excluding carboxylic acids is 3. The van der Waals surface area contributed by atoms with Crippen molar-refractivity contribution in [1.82, 2.24) is 14.5 Å². The van der Waals surface area contributed by atoms with Crippen LogP contribution in [0.1, 0.15) is 28.9 Å². The number of rotatable bonds is 9. The van der Waals surface area contributed by atoms with Crippen LogP contribution >= 0.6 is 11.8 Å². The molecular formula is C23H26N4O4S. The highest BCUT2D eigenvalue weighted by Gasteiger charge is 2.37. The molecule has 0 spiro atoms. The lowest BCUT2D eigenvalue weighted by Gasteiger charge is -2.23. The Hall–Kier alpha value is -3.33. The van der Waals surface area contributed by atoms with Crippen LogP contribution in [0.25, 0.3) is 6.08 Å². The van der Waals surface area contributed by atoms with Gasteiger partial charge in [-0.15, -0.1) is 0 Å². The third-order valence-electron chi connectivity index (χ3n) is 5.01. The zero-order chi connectivity index (χ0) is 22.9. The maximum atomic E-state index is 12.6. The Bertz CT molecular complexity index is 989. The van der Waals surface area contributed by atoms with Crippen LogP contribution in [0.4, 0.5) is 4.79 Å². The van der Waals surface area contributed by atoms with Crippen molar-refractivity contribution in [3.63, 3.8) is 0 Å². The number of ether oxygens (including phenoxy) is 1. The second-order valence-electron chi connectivity index (χ2n) is 7.36. The number of nitrogens with two attached hydrogens (primary N) is 1. The molecule has 2 aromatic rings. The molecule has 1 aliphatic heterocycles. The Morgan fingerprint density at radius 1 is 1.28 bits per heavy atom. The summed E-state index contributed by atoms with van der Waals surface area (Å²) >= 11 is 1.26. The van der Waals surface area contributed by atoms with Crippen molar-refractivity contribution < 1.29 is 19.1 Å². The number of aryl methyl sites for hydroxylation is 1. The second-order valence-corrected chi connectivity index (χ2v) is 8.63. The minimum Gasteiger partial charge on any atom is -0.445 e. The Morgan fingerprint density at radius 3 is 2.78 bits per heavy atom. The Labute approximate surface area is 191 Å². The van der Waals surface area contributed by atoms with Crippen LogP contribution in [0.2, 0.25) is 0 Å². The largest absolute Gasteiger partial charge is 0.445 e. The highest BCUT2D eigenvalue weighted by atomic mass is 32.2. The number of imidazole rings is 1. The molecule has 2 N–H and O–H groups in total. The summed E-state index contributed by atoms with van der Waals surface area (Å²) in [6.45, 7) is 4.79. The predicted molar refractivity (Wildman–Crippen MR) is 124 cm³/mol. The van der Waals surface area contributed by atoms with E-state index in [1.807, 2.05) is 22.8 Å². The van der Waals surface area contributed by atoms with Crippen LogP contribution in [0.15, 0.2) is 61.6 Å². The molecule has 1 aromatic carbocycles. The zero-order valence-electron chi connectivity index (χ0n) is 17.6. The summed E-state index contributed by atoms with van der Waals surface area (Å²) in [4.78, 5) is 42.0. The first-order valence-corrected chi connectivity index (χ1v) is 11.1. The summed E-state index contributed by atoms with van der Waals surface area (Å²) in [5, 5.41) is -0.0167. The van der Waals surface area contributed by atoms with Crippen molar-refractivity contribution in [2.24, 2.45) is 5.73 Å². The van der Waals surface area contributed by atoms with E-state index in [2.05, 4.69) is 11.6 Å². The summed E-state index contributed by atoms with van der Waals surface area (Å²) in [7, 11) is 0. The fourth-order valence-corrected chi connectivity index (χ4v) is 4.64. The second kappa shape index (κ2) is 11.3. The molecule has 1 saturated heterocycles. The van der Waals surface area contributed by atoms with Gasteiger partial charge < -0.3 is 19.9 Å². The van der Waals surface area contributed by atoms with Crippen LogP contribution in [0, 0.1) is 0 Å². The maximum absolute atomic E-state index is 12.6. The van der Waals surface area contributed by atoms with Crippen molar-refractivity contribution in [3.05, 3.63) is 72.8 Å². The summed E-state index contributed by atoms with van der Waals surface area (Å²) in [5.74, 6) is -0.534. The number of aromatic nitrogens is 2. The van der Waals surface area contributed by atoms with E-state index in [1.165, 1.54) is 23.9 Å². The van der Waals surface area contributed by atoms with Crippen LogP contribution in [-0.2, 0) is 16.1 Å². The molecule has 1 aliphatic rings. The summed E-state index contributed by atoms with van der Waals surface area (Å²) < 4.78 is 7.15. The molecular weight excluding hydrogens is 428 g/mol. The van der Waals surface area contributed by atoms with Gasteiger partial charge in [0.2, 0.25) is 11.0 Å². The first-order valence-electron chi connectivity index (χ1n) is 10.3. The van der Waals surface area contributed by atoms with Crippen LogP contribution in [0.5, 0.6) is 0 Å². The number of carbonyl (C=O) groups is 3. The lowest BCUT2D eigenvalue weighted by Crippen LogP contribution is -2.37. The van der Waals surface area contributed by atoms with Gasteiger partial charge in [-0.3, -0.25) is 9.59 Å². The third-order valence-corrected chi connectivity index (χ3v) is 6.14. The quantitative estimate of drug-likeness (QED) is 0.461. The molecule has 0 aliphatic carbocycles.